The van der Waals surface area contributed by atoms with Crippen molar-refractivity contribution in [2.24, 2.45) is 0 Å². The van der Waals surface area contributed by atoms with Gasteiger partial charge in [0.25, 0.3) is 0 Å². The Kier molecular flexibility index (Phi) is 4.59. The third-order valence-electron chi connectivity index (χ3n) is 3.72. The van der Waals surface area contributed by atoms with Crippen molar-refractivity contribution in [3.05, 3.63) is 59.7 Å². The molecule has 0 N–H and O–H groups in total. The van der Waals surface area contributed by atoms with E-state index in [1.54, 1.807) is 0 Å². The standard InChI is InChI=1S/C20H26P/c1-19(2,3)15-7-11-17(12-8-15)21-18-13-9-16(10-14-18)20(4,5)6/h7-14H,1-6H3. The highest BCUT2D eigenvalue weighted by Crippen LogP contribution is 2.24. The van der Waals surface area contributed by atoms with Gasteiger partial charge in [-0.05, 0) is 41.1 Å². The van der Waals surface area contributed by atoms with Gasteiger partial charge in [-0.1, -0.05) is 90.1 Å². The maximum Gasteiger partial charge on any atom is -0.0100 e. The molecule has 0 aliphatic heterocycles. The second kappa shape index (κ2) is 5.93. The van der Waals surface area contributed by atoms with Crippen molar-refractivity contribution in [1.29, 1.82) is 0 Å². The average Bonchev–Trinajstić information content (AvgIpc) is 2.38. The van der Waals surface area contributed by atoms with Crippen LogP contribution in [0.5, 0.6) is 0 Å². The summed E-state index contributed by atoms with van der Waals surface area (Å²) in [6, 6.07) is 18.0. The summed E-state index contributed by atoms with van der Waals surface area (Å²) < 4.78 is 0. The highest BCUT2D eigenvalue weighted by molar-refractivity contribution is 7.55. The highest BCUT2D eigenvalue weighted by Gasteiger charge is 2.14. The van der Waals surface area contributed by atoms with Crippen LogP contribution < -0.4 is 10.6 Å². The summed E-state index contributed by atoms with van der Waals surface area (Å²) >= 11 is 0. The molecule has 111 valence electrons. The van der Waals surface area contributed by atoms with Crippen molar-refractivity contribution in [3.63, 3.8) is 0 Å². The molecule has 0 aliphatic carbocycles. The molecule has 0 saturated carbocycles. The second-order valence-corrected chi connectivity index (χ2v) is 8.96. The van der Waals surface area contributed by atoms with Gasteiger partial charge >= 0.3 is 0 Å². The summed E-state index contributed by atoms with van der Waals surface area (Å²) in [5.74, 6) is 0. The quantitative estimate of drug-likeness (QED) is 0.670. The molecule has 0 aromatic heterocycles. The molecule has 0 atom stereocenters. The molecule has 0 bridgehead atoms. The predicted molar refractivity (Wildman–Crippen MR) is 96.5 cm³/mol. The summed E-state index contributed by atoms with van der Waals surface area (Å²) in [4.78, 5) is 0. The van der Waals surface area contributed by atoms with Crippen LogP contribution in [0.25, 0.3) is 0 Å². The van der Waals surface area contributed by atoms with E-state index in [-0.39, 0.29) is 10.8 Å². The van der Waals surface area contributed by atoms with Crippen LogP contribution in [0.4, 0.5) is 0 Å². The van der Waals surface area contributed by atoms with E-state index in [0.29, 0.717) is 0 Å². The minimum Gasteiger partial charge on any atom is -0.0579 e. The van der Waals surface area contributed by atoms with Crippen molar-refractivity contribution in [2.75, 3.05) is 0 Å². The van der Waals surface area contributed by atoms with Gasteiger partial charge in [0, 0.05) is 0 Å². The van der Waals surface area contributed by atoms with Crippen LogP contribution in [-0.2, 0) is 10.8 Å². The van der Waals surface area contributed by atoms with Gasteiger partial charge in [0.1, 0.15) is 0 Å². The van der Waals surface area contributed by atoms with Gasteiger partial charge in [0.15, 0.2) is 0 Å². The van der Waals surface area contributed by atoms with Crippen LogP contribution in [0.15, 0.2) is 48.5 Å². The Bertz CT molecular complexity index is 522. The predicted octanol–water partition coefficient (Wildman–Crippen LogP) is 5.18. The normalized spacial score (nSPS) is 12.5. The Balaban J connectivity index is 2.12. The van der Waals surface area contributed by atoms with Gasteiger partial charge in [-0.2, -0.15) is 0 Å². The molecule has 0 fully saturated rings. The molecular weight excluding hydrogens is 271 g/mol. The first-order valence-corrected chi connectivity index (χ1v) is 8.48. The minimum absolute atomic E-state index is 0.226. The van der Waals surface area contributed by atoms with E-state index >= 15 is 0 Å². The zero-order valence-electron chi connectivity index (χ0n) is 14.1. The summed E-state index contributed by atoms with van der Waals surface area (Å²) in [5, 5.41) is 2.71. The van der Waals surface area contributed by atoms with Crippen LogP contribution in [0.3, 0.4) is 0 Å². The van der Waals surface area contributed by atoms with E-state index < -0.39 is 0 Å². The molecule has 0 saturated heterocycles. The molecule has 1 heteroatoms. The Morgan fingerprint density at radius 1 is 0.524 bits per heavy atom. The summed E-state index contributed by atoms with van der Waals surface area (Å²) in [7, 11) is 1.28. The first kappa shape index (κ1) is 16.2. The molecule has 1 radical (unpaired) electrons. The zero-order chi connectivity index (χ0) is 15.7. The topological polar surface area (TPSA) is 0 Å². The Labute approximate surface area is 131 Å². The lowest BCUT2D eigenvalue weighted by Crippen LogP contribution is -2.13. The largest absolute Gasteiger partial charge is 0.0579 e. The first-order chi connectivity index (χ1) is 9.66. The third kappa shape index (κ3) is 4.42. The smallest absolute Gasteiger partial charge is 0.0100 e. The minimum atomic E-state index is 0.226. The maximum absolute atomic E-state index is 2.26. The molecule has 0 heterocycles. The van der Waals surface area contributed by atoms with E-state index in [0.717, 1.165) is 0 Å². The highest BCUT2D eigenvalue weighted by atomic mass is 31.1. The summed E-state index contributed by atoms with van der Waals surface area (Å²) in [6.45, 7) is 13.5. The molecule has 0 unspecified atom stereocenters. The number of hydrogen-bond acceptors (Lipinski definition) is 0. The van der Waals surface area contributed by atoms with E-state index in [1.807, 2.05) is 0 Å². The molecule has 2 rings (SSSR count). The SMILES string of the molecule is CC(C)(C)c1ccc([P]c2ccc(C(C)(C)C)cc2)cc1. The number of benzene rings is 2. The molecule has 2 aromatic carbocycles. The Morgan fingerprint density at radius 3 is 1.05 bits per heavy atom. The molecular formula is C20H26P. The van der Waals surface area contributed by atoms with Gasteiger partial charge in [-0.15, -0.1) is 0 Å². The van der Waals surface area contributed by atoms with Crippen LogP contribution in [-0.4, -0.2) is 0 Å². The average molecular weight is 297 g/mol. The Morgan fingerprint density at radius 2 is 0.810 bits per heavy atom. The number of hydrogen-bond donors (Lipinski definition) is 0. The lowest BCUT2D eigenvalue weighted by Gasteiger charge is -2.19. The van der Waals surface area contributed by atoms with E-state index in [9.17, 15) is 0 Å². The van der Waals surface area contributed by atoms with Gasteiger partial charge in [-0.25, -0.2) is 0 Å². The summed E-state index contributed by atoms with van der Waals surface area (Å²) in [6.07, 6.45) is 0. The number of rotatable bonds is 2. The van der Waals surface area contributed by atoms with E-state index in [4.69, 9.17) is 0 Å². The molecule has 0 nitrogen and oxygen atoms in total. The van der Waals surface area contributed by atoms with Crippen molar-refractivity contribution < 1.29 is 0 Å². The van der Waals surface area contributed by atoms with Crippen molar-refractivity contribution in [3.8, 4) is 0 Å². The van der Waals surface area contributed by atoms with E-state index in [2.05, 4.69) is 90.1 Å². The molecule has 0 amide bonds. The molecule has 2 aromatic rings. The molecule has 0 spiro atoms. The van der Waals surface area contributed by atoms with Crippen LogP contribution >= 0.6 is 8.58 Å². The Hall–Kier alpha value is -1.13. The fourth-order valence-electron chi connectivity index (χ4n) is 2.22. The van der Waals surface area contributed by atoms with Gasteiger partial charge in [0.05, 0.1) is 0 Å². The molecule has 21 heavy (non-hydrogen) atoms. The lowest BCUT2D eigenvalue weighted by atomic mass is 9.87. The second-order valence-electron chi connectivity index (χ2n) is 7.71. The van der Waals surface area contributed by atoms with Crippen molar-refractivity contribution in [1.82, 2.24) is 0 Å². The lowest BCUT2D eigenvalue weighted by molar-refractivity contribution is 0.590. The van der Waals surface area contributed by atoms with Crippen LogP contribution in [0.2, 0.25) is 0 Å². The van der Waals surface area contributed by atoms with Crippen molar-refractivity contribution >= 4 is 19.2 Å². The summed E-state index contributed by atoms with van der Waals surface area (Å²) in [5.41, 5.74) is 3.24. The molecule has 0 aliphatic rings. The van der Waals surface area contributed by atoms with E-state index in [1.165, 1.54) is 30.3 Å². The first-order valence-electron chi connectivity index (χ1n) is 7.59. The maximum atomic E-state index is 2.26. The van der Waals surface area contributed by atoms with Gasteiger partial charge < -0.3 is 0 Å². The van der Waals surface area contributed by atoms with Gasteiger partial charge in [0.2, 0.25) is 0 Å². The van der Waals surface area contributed by atoms with Crippen LogP contribution in [0.1, 0.15) is 52.7 Å². The fraction of sp³-hybridized carbons (Fsp3) is 0.400. The monoisotopic (exact) mass is 297 g/mol. The van der Waals surface area contributed by atoms with Gasteiger partial charge in [-0.3, -0.25) is 0 Å². The van der Waals surface area contributed by atoms with Crippen LogP contribution in [0, 0.1) is 0 Å². The fourth-order valence-corrected chi connectivity index (χ4v) is 3.12. The van der Waals surface area contributed by atoms with Crippen molar-refractivity contribution in [2.45, 2.75) is 52.4 Å². The third-order valence-corrected chi connectivity index (χ3v) is 4.84. The zero-order valence-corrected chi connectivity index (χ0v) is 15.0.